The molecule has 6 nitrogen and oxygen atoms in total. The lowest BCUT2D eigenvalue weighted by molar-refractivity contribution is 0.248. The van der Waals surface area contributed by atoms with Gasteiger partial charge in [-0.2, -0.15) is 0 Å². The van der Waals surface area contributed by atoms with E-state index >= 15 is 0 Å². The average Bonchev–Trinajstić information content (AvgIpc) is 2.55. The van der Waals surface area contributed by atoms with Crippen LogP contribution in [0, 0.1) is 0 Å². The van der Waals surface area contributed by atoms with E-state index in [1.807, 2.05) is 28.8 Å². The Morgan fingerprint density at radius 3 is 2.94 bits per heavy atom. The van der Waals surface area contributed by atoms with E-state index in [1.54, 1.807) is 0 Å². The van der Waals surface area contributed by atoms with E-state index in [2.05, 4.69) is 10.3 Å². The maximum absolute atomic E-state index is 10.5. The normalized spacial score (nSPS) is 10.5. The van der Waals surface area contributed by atoms with Gasteiger partial charge in [0.2, 0.25) is 5.95 Å². The molecule has 0 aliphatic rings. The minimum Gasteiger partial charge on any atom is -0.369 e. The molecule has 0 aliphatic heterocycles. The van der Waals surface area contributed by atoms with Crippen molar-refractivity contribution in [1.29, 1.82) is 0 Å². The SMILES string of the molecule is NC(=O)NCCn1c(N)nc2ccccc21. The van der Waals surface area contributed by atoms with Crippen LogP contribution in [0.2, 0.25) is 0 Å². The summed E-state index contributed by atoms with van der Waals surface area (Å²) in [6.45, 7) is 0.981. The topological polar surface area (TPSA) is 99.0 Å². The van der Waals surface area contributed by atoms with Gasteiger partial charge in [0.1, 0.15) is 0 Å². The summed E-state index contributed by atoms with van der Waals surface area (Å²) in [5.74, 6) is 0.437. The number of imidazole rings is 1. The minimum absolute atomic E-state index is 0.430. The number of carbonyl (C=O) groups excluding carboxylic acids is 1. The number of primary amides is 1. The van der Waals surface area contributed by atoms with Gasteiger partial charge in [-0.15, -0.1) is 0 Å². The highest BCUT2D eigenvalue weighted by molar-refractivity contribution is 5.78. The van der Waals surface area contributed by atoms with Crippen LogP contribution >= 0.6 is 0 Å². The summed E-state index contributed by atoms with van der Waals surface area (Å²) in [7, 11) is 0. The number of aromatic nitrogens is 2. The molecule has 0 saturated carbocycles. The van der Waals surface area contributed by atoms with Crippen molar-refractivity contribution in [3.8, 4) is 0 Å². The molecular formula is C10H13N5O. The molecule has 6 heteroatoms. The van der Waals surface area contributed by atoms with Crippen LogP contribution in [0.4, 0.5) is 10.7 Å². The van der Waals surface area contributed by atoms with Gasteiger partial charge in [0.25, 0.3) is 0 Å². The number of hydrogen-bond acceptors (Lipinski definition) is 3. The third-order valence-electron chi connectivity index (χ3n) is 2.32. The first-order valence-corrected chi connectivity index (χ1v) is 4.92. The van der Waals surface area contributed by atoms with E-state index in [0.717, 1.165) is 11.0 Å². The van der Waals surface area contributed by atoms with E-state index in [0.29, 0.717) is 19.0 Å². The molecule has 16 heavy (non-hydrogen) atoms. The van der Waals surface area contributed by atoms with Crippen LogP contribution in [0.25, 0.3) is 11.0 Å². The molecule has 0 saturated heterocycles. The zero-order valence-corrected chi connectivity index (χ0v) is 8.68. The van der Waals surface area contributed by atoms with Gasteiger partial charge in [0.15, 0.2) is 0 Å². The first kappa shape index (κ1) is 10.3. The van der Waals surface area contributed by atoms with Crippen LogP contribution in [-0.2, 0) is 6.54 Å². The van der Waals surface area contributed by atoms with Crippen LogP contribution in [0.15, 0.2) is 24.3 Å². The third-order valence-corrected chi connectivity index (χ3v) is 2.32. The predicted octanol–water partition coefficient (Wildman–Crippen LogP) is 0.287. The lowest BCUT2D eigenvalue weighted by Gasteiger charge is -2.06. The van der Waals surface area contributed by atoms with E-state index in [-0.39, 0.29) is 0 Å². The second-order valence-corrected chi connectivity index (χ2v) is 3.40. The zero-order chi connectivity index (χ0) is 11.5. The molecule has 1 heterocycles. The molecule has 2 aromatic rings. The first-order valence-electron chi connectivity index (χ1n) is 4.92. The van der Waals surface area contributed by atoms with Gasteiger partial charge in [-0.1, -0.05) is 12.1 Å². The number of amides is 2. The summed E-state index contributed by atoms with van der Waals surface area (Å²) in [6, 6.07) is 7.11. The van der Waals surface area contributed by atoms with Crippen molar-refractivity contribution in [1.82, 2.24) is 14.9 Å². The number of carbonyl (C=O) groups is 1. The number of nitrogens with zero attached hydrogens (tertiary/aromatic N) is 2. The zero-order valence-electron chi connectivity index (χ0n) is 8.68. The number of urea groups is 1. The van der Waals surface area contributed by atoms with Gasteiger partial charge in [-0.05, 0) is 12.1 Å². The van der Waals surface area contributed by atoms with Crippen LogP contribution in [0.3, 0.4) is 0 Å². The molecular weight excluding hydrogens is 206 g/mol. The summed E-state index contributed by atoms with van der Waals surface area (Å²) >= 11 is 0. The van der Waals surface area contributed by atoms with Crippen molar-refractivity contribution < 1.29 is 4.79 Å². The number of rotatable bonds is 3. The summed E-state index contributed by atoms with van der Waals surface area (Å²) in [5.41, 5.74) is 12.6. The van der Waals surface area contributed by atoms with Gasteiger partial charge >= 0.3 is 6.03 Å². The highest BCUT2D eigenvalue weighted by Crippen LogP contribution is 2.16. The molecule has 0 aliphatic carbocycles. The van der Waals surface area contributed by atoms with Crippen molar-refractivity contribution in [2.75, 3.05) is 12.3 Å². The molecule has 2 amide bonds. The summed E-state index contributed by atoms with van der Waals surface area (Å²) in [4.78, 5) is 14.7. The largest absolute Gasteiger partial charge is 0.369 e. The Balaban J connectivity index is 2.22. The van der Waals surface area contributed by atoms with Crippen molar-refractivity contribution in [3.05, 3.63) is 24.3 Å². The molecule has 0 atom stereocenters. The Labute approximate surface area is 92.2 Å². The van der Waals surface area contributed by atoms with Gasteiger partial charge in [0.05, 0.1) is 11.0 Å². The van der Waals surface area contributed by atoms with Crippen molar-refractivity contribution >= 4 is 23.0 Å². The van der Waals surface area contributed by atoms with E-state index in [9.17, 15) is 4.79 Å². The van der Waals surface area contributed by atoms with Crippen LogP contribution in [-0.4, -0.2) is 22.1 Å². The molecule has 0 fully saturated rings. The maximum atomic E-state index is 10.5. The van der Waals surface area contributed by atoms with E-state index in [4.69, 9.17) is 11.5 Å². The molecule has 0 spiro atoms. The molecule has 2 rings (SSSR count). The highest BCUT2D eigenvalue weighted by Gasteiger charge is 2.06. The van der Waals surface area contributed by atoms with Gasteiger partial charge in [0, 0.05) is 13.1 Å². The Morgan fingerprint density at radius 2 is 2.19 bits per heavy atom. The summed E-state index contributed by atoms with van der Waals surface area (Å²) < 4.78 is 1.84. The number of benzene rings is 1. The molecule has 0 bridgehead atoms. The number of nitrogens with one attached hydrogen (secondary N) is 1. The van der Waals surface area contributed by atoms with Crippen molar-refractivity contribution in [2.24, 2.45) is 5.73 Å². The predicted molar refractivity (Wildman–Crippen MR) is 61.7 cm³/mol. The molecule has 84 valence electrons. The number of para-hydroxylation sites is 2. The van der Waals surface area contributed by atoms with Gasteiger partial charge in [-0.3, -0.25) is 0 Å². The lowest BCUT2D eigenvalue weighted by atomic mass is 10.3. The number of hydrogen-bond donors (Lipinski definition) is 3. The minimum atomic E-state index is -0.539. The number of nitrogens with two attached hydrogens (primary N) is 2. The monoisotopic (exact) mass is 219 g/mol. The van der Waals surface area contributed by atoms with Crippen LogP contribution in [0.5, 0.6) is 0 Å². The molecule has 5 N–H and O–H groups in total. The molecule has 0 radical (unpaired) electrons. The average molecular weight is 219 g/mol. The fourth-order valence-electron chi connectivity index (χ4n) is 1.62. The molecule has 1 aromatic heterocycles. The first-order chi connectivity index (χ1) is 7.68. The summed E-state index contributed by atoms with van der Waals surface area (Å²) in [6.07, 6.45) is 0. The Bertz CT molecular complexity index is 519. The van der Waals surface area contributed by atoms with Crippen LogP contribution < -0.4 is 16.8 Å². The summed E-state index contributed by atoms with van der Waals surface area (Å²) in [5, 5.41) is 2.51. The van der Waals surface area contributed by atoms with Crippen LogP contribution in [0.1, 0.15) is 0 Å². The van der Waals surface area contributed by atoms with E-state index < -0.39 is 6.03 Å². The second kappa shape index (κ2) is 4.09. The number of nitrogen functional groups attached to an aromatic ring is 1. The number of anilines is 1. The molecule has 0 unspecified atom stereocenters. The maximum Gasteiger partial charge on any atom is 0.312 e. The lowest BCUT2D eigenvalue weighted by Crippen LogP contribution is -2.32. The Hall–Kier alpha value is -2.24. The quantitative estimate of drug-likeness (QED) is 0.691. The van der Waals surface area contributed by atoms with E-state index in [1.165, 1.54) is 0 Å². The van der Waals surface area contributed by atoms with Gasteiger partial charge < -0.3 is 21.4 Å². The Morgan fingerprint density at radius 1 is 1.44 bits per heavy atom. The Kier molecular flexibility index (Phi) is 2.63. The standard InChI is InChI=1S/C10H13N5O/c11-9-14-7-3-1-2-4-8(7)15(9)6-5-13-10(12)16/h1-4H,5-6H2,(H2,11,14)(H3,12,13,16). The van der Waals surface area contributed by atoms with Gasteiger partial charge in [-0.25, -0.2) is 9.78 Å². The smallest absolute Gasteiger partial charge is 0.312 e. The number of fused-ring (bicyclic) bond motifs is 1. The fourth-order valence-corrected chi connectivity index (χ4v) is 1.62. The molecule has 1 aromatic carbocycles. The highest BCUT2D eigenvalue weighted by atomic mass is 16.2. The fraction of sp³-hybridized carbons (Fsp3) is 0.200. The van der Waals surface area contributed by atoms with Crippen molar-refractivity contribution in [3.63, 3.8) is 0 Å². The van der Waals surface area contributed by atoms with Crippen molar-refractivity contribution in [2.45, 2.75) is 6.54 Å². The second-order valence-electron chi connectivity index (χ2n) is 3.40. The third kappa shape index (κ3) is 1.90.